The van der Waals surface area contributed by atoms with Crippen LogP contribution in [-0.2, 0) is 14.3 Å². The monoisotopic (exact) mass is 303 g/mol. The van der Waals surface area contributed by atoms with E-state index in [1.165, 1.54) is 0 Å². The third-order valence-corrected chi connectivity index (χ3v) is 3.91. The second-order valence-electron chi connectivity index (χ2n) is 5.27. The molecule has 5 heteroatoms. The number of ketones is 1. The van der Waals surface area contributed by atoms with E-state index in [2.05, 4.69) is 0 Å². The van der Waals surface area contributed by atoms with Crippen LogP contribution in [0.3, 0.4) is 0 Å². The van der Waals surface area contributed by atoms with Crippen molar-refractivity contribution >= 4 is 23.4 Å². The van der Waals surface area contributed by atoms with Crippen LogP contribution < -0.4 is 0 Å². The molecule has 0 N–H and O–H groups in total. The highest BCUT2D eigenvalue weighted by Crippen LogP contribution is 2.17. The zero-order valence-electron chi connectivity index (χ0n) is 12.4. The van der Waals surface area contributed by atoms with Crippen LogP contribution in [-0.4, -0.2) is 48.3 Å². The molecule has 1 atom stereocenters. The second kappa shape index (κ2) is 10.2. The van der Waals surface area contributed by atoms with Gasteiger partial charge in [0.05, 0.1) is 13.2 Å². The molecule has 0 bridgehead atoms. The molecule has 1 saturated heterocycles. The zero-order chi connectivity index (χ0) is 14.8. The Balaban J connectivity index is 2.46. The quantitative estimate of drug-likeness (QED) is 0.373. The second-order valence-corrected chi connectivity index (χ2v) is 5.65. The van der Waals surface area contributed by atoms with E-state index in [9.17, 15) is 9.59 Å². The fourth-order valence-corrected chi connectivity index (χ4v) is 2.79. The van der Waals surface area contributed by atoms with Crippen molar-refractivity contribution < 1.29 is 14.3 Å². The van der Waals surface area contributed by atoms with E-state index in [4.69, 9.17) is 16.3 Å². The molecule has 1 heterocycles. The molecular formula is C15H26ClNO3. The molecule has 0 spiro atoms. The average molecular weight is 304 g/mol. The molecule has 0 radical (unpaired) electrons. The van der Waals surface area contributed by atoms with Crippen LogP contribution in [0.25, 0.3) is 0 Å². The SMILES string of the molecule is CCOC(=O)C(CCCCCCCl)N1CCCC(=O)C1. The van der Waals surface area contributed by atoms with Gasteiger partial charge < -0.3 is 4.74 Å². The fourth-order valence-electron chi connectivity index (χ4n) is 2.60. The molecule has 1 unspecified atom stereocenters. The lowest BCUT2D eigenvalue weighted by Crippen LogP contribution is -2.47. The van der Waals surface area contributed by atoms with Crippen molar-refractivity contribution in [1.82, 2.24) is 4.90 Å². The van der Waals surface area contributed by atoms with Crippen molar-refractivity contribution in [2.45, 2.75) is 57.9 Å². The first-order valence-electron chi connectivity index (χ1n) is 7.67. The Hall–Kier alpha value is -0.610. The van der Waals surface area contributed by atoms with Crippen LogP contribution in [0.2, 0.25) is 0 Å². The van der Waals surface area contributed by atoms with Gasteiger partial charge in [0.1, 0.15) is 11.8 Å². The number of ether oxygens (including phenoxy) is 1. The van der Waals surface area contributed by atoms with E-state index in [0.29, 0.717) is 25.5 Å². The van der Waals surface area contributed by atoms with Crippen molar-refractivity contribution in [3.05, 3.63) is 0 Å². The zero-order valence-corrected chi connectivity index (χ0v) is 13.2. The molecule has 0 aromatic heterocycles. The number of esters is 1. The highest BCUT2D eigenvalue weighted by molar-refractivity contribution is 6.17. The van der Waals surface area contributed by atoms with Gasteiger partial charge in [-0.05, 0) is 32.7 Å². The summed E-state index contributed by atoms with van der Waals surface area (Å²) in [6.45, 7) is 3.42. The van der Waals surface area contributed by atoms with E-state index in [1.807, 2.05) is 11.8 Å². The Kier molecular flexibility index (Phi) is 8.86. The smallest absolute Gasteiger partial charge is 0.323 e. The predicted octanol–water partition coefficient (Wildman–Crippen LogP) is 2.77. The molecule has 4 nitrogen and oxygen atoms in total. The van der Waals surface area contributed by atoms with Gasteiger partial charge in [-0.2, -0.15) is 0 Å². The summed E-state index contributed by atoms with van der Waals surface area (Å²) in [4.78, 5) is 25.6. The van der Waals surface area contributed by atoms with Gasteiger partial charge in [0.25, 0.3) is 0 Å². The minimum atomic E-state index is -0.254. The van der Waals surface area contributed by atoms with Crippen molar-refractivity contribution in [2.24, 2.45) is 0 Å². The number of alkyl halides is 1. The van der Waals surface area contributed by atoms with Gasteiger partial charge in [0, 0.05) is 12.3 Å². The first-order valence-corrected chi connectivity index (χ1v) is 8.20. The lowest BCUT2D eigenvalue weighted by atomic mass is 10.0. The first kappa shape index (κ1) is 17.4. The average Bonchev–Trinajstić information content (AvgIpc) is 2.43. The number of rotatable bonds is 9. The molecular weight excluding hydrogens is 278 g/mol. The lowest BCUT2D eigenvalue weighted by molar-refractivity contribution is -0.150. The third-order valence-electron chi connectivity index (χ3n) is 3.64. The summed E-state index contributed by atoms with van der Waals surface area (Å²) in [7, 11) is 0. The van der Waals surface area contributed by atoms with E-state index in [1.54, 1.807) is 0 Å². The van der Waals surface area contributed by atoms with Crippen molar-refractivity contribution in [3.8, 4) is 0 Å². The molecule has 0 aromatic rings. The van der Waals surface area contributed by atoms with Crippen LogP contribution in [0.5, 0.6) is 0 Å². The molecule has 0 aromatic carbocycles. The molecule has 1 aliphatic rings. The van der Waals surface area contributed by atoms with E-state index < -0.39 is 0 Å². The van der Waals surface area contributed by atoms with E-state index in [-0.39, 0.29) is 17.8 Å². The number of carbonyl (C=O) groups excluding carboxylic acids is 2. The molecule has 116 valence electrons. The molecule has 1 rings (SSSR count). The van der Waals surface area contributed by atoms with Gasteiger partial charge in [-0.3, -0.25) is 14.5 Å². The molecule has 20 heavy (non-hydrogen) atoms. The number of piperidine rings is 1. The minimum Gasteiger partial charge on any atom is -0.465 e. The fraction of sp³-hybridized carbons (Fsp3) is 0.867. The topological polar surface area (TPSA) is 46.6 Å². The molecule has 1 aliphatic heterocycles. The molecule has 0 saturated carbocycles. The van der Waals surface area contributed by atoms with Gasteiger partial charge in [0.15, 0.2) is 0 Å². The van der Waals surface area contributed by atoms with Gasteiger partial charge in [-0.1, -0.05) is 19.3 Å². The van der Waals surface area contributed by atoms with Crippen LogP contribution in [0.1, 0.15) is 51.9 Å². The molecule has 0 aliphatic carbocycles. The number of nitrogens with zero attached hydrogens (tertiary/aromatic N) is 1. The van der Waals surface area contributed by atoms with Crippen LogP contribution in [0, 0.1) is 0 Å². The standard InChI is InChI=1S/C15H26ClNO3/c1-2-20-15(19)14(9-5-3-4-6-10-16)17-11-7-8-13(18)12-17/h14H,2-12H2,1H3. The summed E-state index contributed by atoms with van der Waals surface area (Å²) in [6.07, 6.45) is 6.43. The summed E-state index contributed by atoms with van der Waals surface area (Å²) < 4.78 is 5.16. The van der Waals surface area contributed by atoms with E-state index in [0.717, 1.165) is 45.1 Å². The first-order chi connectivity index (χ1) is 9.69. The number of carbonyl (C=O) groups is 2. The normalized spacial score (nSPS) is 18.0. The summed E-state index contributed by atoms with van der Waals surface area (Å²) >= 11 is 5.65. The highest BCUT2D eigenvalue weighted by Gasteiger charge is 2.30. The maximum absolute atomic E-state index is 12.1. The van der Waals surface area contributed by atoms with Crippen LogP contribution in [0.15, 0.2) is 0 Å². The number of Topliss-reactive ketones (excluding diaryl/α,β-unsaturated/α-hetero) is 1. The van der Waals surface area contributed by atoms with Crippen LogP contribution in [0.4, 0.5) is 0 Å². The summed E-state index contributed by atoms with van der Waals surface area (Å²) in [5, 5.41) is 0. The molecule has 1 fully saturated rings. The third kappa shape index (κ3) is 6.23. The number of unbranched alkanes of at least 4 members (excludes halogenated alkanes) is 3. The van der Waals surface area contributed by atoms with Crippen molar-refractivity contribution in [3.63, 3.8) is 0 Å². The summed E-state index contributed by atoms with van der Waals surface area (Å²) in [5.74, 6) is 0.745. The maximum Gasteiger partial charge on any atom is 0.323 e. The maximum atomic E-state index is 12.1. The Morgan fingerprint density at radius 1 is 1.35 bits per heavy atom. The largest absolute Gasteiger partial charge is 0.465 e. The minimum absolute atomic E-state index is 0.181. The van der Waals surface area contributed by atoms with Gasteiger partial charge in [-0.25, -0.2) is 0 Å². The van der Waals surface area contributed by atoms with Gasteiger partial charge >= 0.3 is 5.97 Å². The van der Waals surface area contributed by atoms with Crippen molar-refractivity contribution in [2.75, 3.05) is 25.6 Å². The van der Waals surface area contributed by atoms with Gasteiger partial charge in [-0.15, -0.1) is 11.6 Å². The van der Waals surface area contributed by atoms with E-state index >= 15 is 0 Å². The Morgan fingerprint density at radius 3 is 2.75 bits per heavy atom. The highest BCUT2D eigenvalue weighted by atomic mass is 35.5. The predicted molar refractivity (Wildman–Crippen MR) is 80.0 cm³/mol. The Bertz CT molecular complexity index is 309. The molecule has 0 amide bonds. The van der Waals surface area contributed by atoms with Crippen molar-refractivity contribution in [1.29, 1.82) is 0 Å². The number of hydrogen-bond acceptors (Lipinski definition) is 4. The number of hydrogen-bond donors (Lipinski definition) is 0. The summed E-state index contributed by atoms with van der Waals surface area (Å²) in [6, 6.07) is -0.254. The Labute approximate surface area is 126 Å². The van der Waals surface area contributed by atoms with Gasteiger partial charge in [0.2, 0.25) is 0 Å². The number of likely N-dealkylation sites (tertiary alicyclic amines) is 1. The Morgan fingerprint density at radius 2 is 2.10 bits per heavy atom. The van der Waals surface area contributed by atoms with Crippen LogP contribution >= 0.6 is 11.6 Å². The number of halogens is 1. The lowest BCUT2D eigenvalue weighted by Gasteiger charge is -2.32. The summed E-state index contributed by atoms with van der Waals surface area (Å²) in [5.41, 5.74) is 0.